The van der Waals surface area contributed by atoms with Crippen molar-refractivity contribution in [2.24, 2.45) is 11.7 Å². The van der Waals surface area contributed by atoms with Crippen molar-refractivity contribution in [3.63, 3.8) is 0 Å². The van der Waals surface area contributed by atoms with Crippen molar-refractivity contribution in [1.29, 1.82) is 0 Å². The highest BCUT2D eigenvalue weighted by Gasteiger charge is 2.23. The zero-order valence-electron chi connectivity index (χ0n) is 12.7. The molecule has 1 amide bonds. The van der Waals surface area contributed by atoms with Crippen molar-refractivity contribution in [2.75, 3.05) is 12.3 Å². The fourth-order valence-electron chi connectivity index (χ4n) is 3.19. The summed E-state index contributed by atoms with van der Waals surface area (Å²) in [4.78, 5) is 12.1. The number of anilines is 1. The molecule has 1 saturated carbocycles. The minimum Gasteiger partial charge on any atom is -0.399 e. The number of hydrogen-bond donors (Lipinski definition) is 3. The summed E-state index contributed by atoms with van der Waals surface area (Å²) in [5.41, 5.74) is 13.5. The van der Waals surface area contributed by atoms with E-state index in [-0.39, 0.29) is 11.9 Å². The average Bonchev–Trinajstić information content (AvgIpc) is 2.52. The molecular formula is C17H27N3O. The molecule has 1 aromatic rings. The van der Waals surface area contributed by atoms with E-state index in [2.05, 4.69) is 5.32 Å². The number of nitrogens with two attached hydrogens (primary N) is 2. The number of nitrogens with one attached hydrogen (secondary N) is 1. The minimum absolute atomic E-state index is 0.0827. The lowest BCUT2D eigenvalue weighted by Gasteiger charge is -2.30. The van der Waals surface area contributed by atoms with E-state index >= 15 is 0 Å². The third-order valence-electron chi connectivity index (χ3n) is 4.50. The smallest absolute Gasteiger partial charge is 0.220 e. The maximum atomic E-state index is 12.1. The van der Waals surface area contributed by atoms with Crippen LogP contribution < -0.4 is 16.8 Å². The summed E-state index contributed by atoms with van der Waals surface area (Å²) < 4.78 is 0. The topological polar surface area (TPSA) is 81.1 Å². The fraction of sp³-hybridized carbons (Fsp3) is 0.588. The quantitative estimate of drug-likeness (QED) is 0.702. The highest BCUT2D eigenvalue weighted by atomic mass is 16.1. The number of hydrogen-bond acceptors (Lipinski definition) is 3. The van der Waals surface area contributed by atoms with Crippen LogP contribution in [0.3, 0.4) is 0 Å². The van der Waals surface area contributed by atoms with Crippen molar-refractivity contribution in [2.45, 2.75) is 51.0 Å². The molecule has 0 aliphatic heterocycles. The summed E-state index contributed by atoms with van der Waals surface area (Å²) >= 11 is 0. The van der Waals surface area contributed by atoms with Crippen molar-refractivity contribution >= 4 is 11.6 Å². The first kappa shape index (κ1) is 15.8. The molecule has 0 bridgehead atoms. The van der Waals surface area contributed by atoms with Crippen LogP contribution >= 0.6 is 0 Å². The van der Waals surface area contributed by atoms with Gasteiger partial charge < -0.3 is 16.8 Å². The summed E-state index contributed by atoms with van der Waals surface area (Å²) in [6, 6.07) is 7.84. The number of carbonyl (C=O) groups is 1. The molecule has 1 aliphatic carbocycles. The second-order valence-electron chi connectivity index (χ2n) is 6.01. The van der Waals surface area contributed by atoms with Crippen molar-refractivity contribution in [3.8, 4) is 0 Å². The Morgan fingerprint density at radius 3 is 2.62 bits per heavy atom. The zero-order chi connectivity index (χ0) is 15.1. The zero-order valence-corrected chi connectivity index (χ0v) is 12.7. The number of rotatable bonds is 6. The van der Waals surface area contributed by atoms with E-state index in [4.69, 9.17) is 11.5 Å². The fourth-order valence-corrected chi connectivity index (χ4v) is 3.19. The highest BCUT2D eigenvalue weighted by Crippen LogP contribution is 2.26. The van der Waals surface area contributed by atoms with E-state index in [9.17, 15) is 4.79 Å². The third-order valence-corrected chi connectivity index (χ3v) is 4.50. The van der Waals surface area contributed by atoms with Crippen LogP contribution in [0.1, 0.15) is 44.1 Å². The maximum absolute atomic E-state index is 12.1. The molecule has 1 unspecified atom stereocenters. The predicted octanol–water partition coefficient (Wildman–Crippen LogP) is 2.23. The lowest BCUT2D eigenvalue weighted by Crippen LogP contribution is -2.46. The number of benzene rings is 1. The minimum atomic E-state index is 0.0827. The molecule has 0 spiro atoms. The van der Waals surface area contributed by atoms with E-state index in [1.165, 1.54) is 32.1 Å². The van der Waals surface area contributed by atoms with Gasteiger partial charge >= 0.3 is 0 Å². The van der Waals surface area contributed by atoms with Gasteiger partial charge in [-0.3, -0.25) is 4.79 Å². The number of amides is 1. The first-order valence-corrected chi connectivity index (χ1v) is 8.03. The number of para-hydroxylation sites is 1. The number of aryl methyl sites for hydroxylation is 1. The van der Waals surface area contributed by atoms with Gasteiger partial charge in [-0.15, -0.1) is 0 Å². The molecule has 0 saturated heterocycles. The van der Waals surface area contributed by atoms with Crippen LogP contribution in [0.4, 0.5) is 5.69 Å². The lowest BCUT2D eigenvalue weighted by molar-refractivity contribution is -0.122. The molecule has 21 heavy (non-hydrogen) atoms. The van der Waals surface area contributed by atoms with Gasteiger partial charge in [0.1, 0.15) is 0 Å². The Hall–Kier alpha value is -1.55. The van der Waals surface area contributed by atoms with Crippen molar-refractivity contribution in [3.05, 3.63) is 29.8 Å². The number of carbonyl (C=O) groups excluding carboxylic acids is 1. The molecule has 0 radical (unpaired) electrons. The molecule has 1 aliphatic rings. The molecule has 5 N–H and O–H groups in total. The summed E-state index contributed by atoms with van der Waals surface area (Å²) in [5.74, 6) is 0.633. The maximum Gasteiger partial charge on any atom is 0.220 e. The SMILES string of the molecule is NCC(NC(=O)CCc1ccccc1N)C1CCCCC1. The largest absolute Gasteiger partial charge is 0.399 e. The van der Waals surface area contributed by atoms with Gasteiger partial charge in [0.15, 0.2) is 0 Å². The third kappa shape index (κ3) is 4.74. The van der Waals surface area contributed by atoms with Crippen LogP contribution in [0.25, 0.3) is 0 Å². The van der Waals surface area contributed by atoms with Gasteiger partial charge in [0, 0.05) is 24.7 Å². The summed E-state index contributed by atoms with van der Waals surface area (Å²) in [6.45, 7) is 0.532. The average molecular weight is 289 g/mol. The Morgan fingerprint density at radius 2 is 1.95 bits per heavy atom. The van der Waals surface area contributed by atoms with Gasteiger partial charge in [0.2, 0.25) is 5.91 Å². The van der Waals surface area contributed by atoms with Crippen LogP contribution in [0, 0.1) is 5.92 Å². The van der Waals surface area contributed by atoms with Crippen LogP contribution in [0.15, 0.2) is 24.3 Å². The molecule has 116 valence electrons. The Morgan fingerprint density at radius 1 is 1.24 bits per heavy atom. The van der Waals surface area contributed by atoms with E-state index < -0.39 is 0 Å². The van der Waals surface area contributed by atoms with Gasteiger partial charge in [-0.1, -0.05) is 37.5 Å². The molecule has 1 aromatic carbocycles. The first-order valence-electron chi connectivity index (χ1n) is 8.03. The molecule has 0 heterocycles. The van der Waals surface area contributed by atoms with E-state index in [1.54, 1.807) is 0 Å². The molecule has 2 rings (SSSR count). The lowest BCUT2D eigenvalue weighted by atomic mass is 9.84. The Labute approximate surface area is 127 Å². The predicted molar refractivity (Wildman–Crippen MR) is 86.7 cm³/mol. The van der Waals surface area contributed by atoms with Gasteiger partial charge in [0.25, 0.3) is 0 Å². The van der Waals surface area contributed by atoms with Crippen LogP contribution in [0.5, 0.6) is 0 Å². The Balaban J connectivity index is 1.81. The van der Waals surface area contributed by atoms with Gasteiger partial charge in [-0.05, 0) is 36.8 Å². The Bertz CT molecular complexity index is 455. The molecule has 1 atom stereocenters. The monoisotopic (exact) mass is 289 g/mol. The van der Waals surface area contributed by atoms with Gasteiger partial charge in [-0.2, -0.15) is 0 Å². The van der Waals surface area contributed by atoms with Crippen molar-refractivity contribution in [1.82, 2.24) is 5.32 Å². The molecular weight excluding hydrogens is 262 g/mol. The molecule has 4 nitrogen and oxygen atoms in total. The standard InChI is InChI=1S/C17H27N3O/c18-12-16(14-7-2-1-3-8-14)20-17(21)11-10-13-6-4-5-9-15(13)19/h4-6,9,14,16H,1-3,7-8,10-12,18-19H2,(H,20,21). The second kappa shape index (κ2) is 8.03. The summed E-state index contributed by atoms with van der Waals surface area (Å²) in [7, 11) is 0. The van der Waals surface area contributed by atoms with Gasteiger partial charge in [-0.25, -0.2) is 0 Å². The van der Waals surface area contributed by atoms with Crippen LogP contribution in [-0.2, 0) is 11.2 Å². The molecule has 4 heteroatoms. The number of nitrogen functional groups attached to an aromatic ring is 1. The van der Waals surface area contributed by atoms with Gasteiger partial charge in [0.05, 0.1) is 0 Å². The second-order valence-corrected chi connectivity index (χ2v) is 6.01. The molecule has 1 fully saturated rings. The van der Waals surface area contributed by atoms with Crippen LogP contribution in [0.2, 0.25) is 0 Å². The Kier molecular flexibility index (Phi) is 6.05. The van der Waals surface area contributed by atoms with Crippen molar-refractivity contribution < 1.29 is 4.79 Å². The summed E-state index contributed by atoms with van der Waals surface area (Å²) in [6.07, 6.45) is 7.36. The highest BCUT2D eigenvalue weighted by molar-refractivity contribution is 5.76. The molecule has 0 aromatic heterocycles. The first-order chi connectivity index (χ1) is 10.2. The normalized spacial score (nSPS) is 17.4. The van der Waals surface area contributed by atoms with E-state index in [0.29, 0.717) is 25.3 Å². The van der Waals surface area contributed by atoms with E-state index in [0.717, 1.165) is 11.3 Å². The van der Waals surface area contributed by atoms with E-state index in [1.807, 2.05) is 24.3 Å². The van der Waals surface area contributed by atoms with Crippen LogP contribution in [-0.4, -0.2) is 18.5 Å². The summed E-state index contributed by atoms with van der Waals surface area (Å²) in [5, 5.41) is 3.12.